The molecular formula is C15H27NO4. The maximum absolute atomic E-state index is 10.4. The van der Waals surface area contributed by atoms with Gasteiger partial charge in [0.25, 0.3) is 0 Å². The van der Waals surface area contributed by atoms with E-state index in [1.54, 1.807) is 0 Å². The molecule has 2 rings (SSSR count). The van der Waals surface area contributed by atoms with Gasteiger partial charge in [-0.2, -0.15) is 0 Å². The predicted molar refractivity (Wildman–Crippen MR) is 75.6 cm³/mol. The highest BCUT2D eigenvalue weighted by molar-refractivity contribution is 5.68. The molecule has 1 heterocycles. The molecule has 0 aromatic heterocycles. The van der Waals surface area contributed by atoms with Gasteiger partial charge in [-0.25, -0.2) is 4.79 Å². The van der Waals surface area contributed by atoms with Gasteiger partial charge in [0.15, 0.2) is 0 Å². The van der Waals surface area contributed by atoms with Gasteiger partial charge >= 0.3 is 5.97 Å². The third kappa shape index (κ3) is 5.38. The van der Waals surface area contributed by atoms with E-state index in [4.69, 9.17) is 9.84 Å². The van der Waals surface area contributed by atoms with Crippen molar-refractivity contribution < 1.29 is 19.7 Å². The SMILES string of the molecule is O=C(O)COC1CCN(CC(O)CC2CCCC2)CC1. The van der Waals surface area contributed by atoms with E-state index in [0.29, 0.717) is 0 Å². The summed E-state index contributed by atoms with van der Waals surface area (Å²) >= 11 is 0. The first kappa shape index (κ1) is 15.7. The fourth-order valence-electron chi connectivity index (χ4n) is 3.45. The number of β-amino-alcohol motifs (C(OH)–C–C–N with tert-alkyl or cyclic N) is 1. The molecule has 1 unspecified atom stereocenters. The summed E-state index contributed by atoms with van der Waals surface area (Å²) in [6.45, 7) is 2.34. The summed E-state index contributed by atoms with van der Waals surface area (Å²) in [5.41, 5.74) is 0. The summed E-state index contributed by atoms with van der Waals surface area (Å²) < 4.78 is 5.32. The van der Waals surface area contributed by atoms with Crippen molar-refractivity contribution in [2.75, 3.05) is 26.2 Å². The zero-order valence-corrected chi connectivity index (χ0v) is 12.2. The van der Waals surface area contributed by atoms with Crippen LogP contribution in [0.3, 0.4) is 0 Å². The molecule has 0 amide bonds. The summed E-state index contributed by atoms with van der Waals surface area (Å²) in [7, 11) is 0. The first-order chi connectivity index (χ1) is 9.63. The summed E-state index contributed by atoms with van der Waals surface area (Å²) in [5.74, 6) is -0.180. The van der Waals surface area contributed by atoms with Gasteiger partial charge in [-0.15, -0.1) is 0 Å². The standard InChI is InChI=1S/C15H27NO4/c17-13(9-12-3-1-2-4-12)10-16-7-5-14(6-8-16)20-11-15(18)19/h12-14,17H,1-11H2,(H,18,19). The Labute approximate surface area is 120 Å². The van der Waals surface area contributed by atoms with E-state index in [1.807, 2.05) is 0 Å². The van der Waals surface area contributed by atoms with E-state index >= 15 is 0 Å². The molecule has 20 heavy (non-hydrogen) atoms. The predicted octanol–water partition coefficient (Wildman–Crippen LogP) is 1.49. The van der Waals surface area contributed by atoms with E-state index in [2.05, 4.69) is 4.90 Å². The molecule has 0 spiro atoms. The Balaban J connectivity index is 1.59. The second-order valence-electron chi connectivity index (χ2n) is 6.24. The molecule has 5 nitrogen and oxygen atoms in total. The molecule has 0 bridgehead atoms. The highest BCUT2D eigenvalue weighted by atomic mass is 16.5. The van der Waals surface area contributed by atoms with Crippen LogP contribution in [0.1, 0.15) is 44.9 Å². The second-order valence-corrected chi connectivity index (χ2v) is 6.24. The first-order valence-corrected chi connectivity index (χ1v) is 7.87. The third-order valence-corrected chi connectivity index (χ3v) is 4.53. The zero-order valence-electron chi connectivity index (χ0n) is 12.2. The fraction of sp³-hybridized carbons (Fsp3) is 0.933. The summed E-state index contributed by atoms with van der Waals surface area (Å²) in [5, 5.41) is 18.7. The molecule has 2 aliphatic rings. The fourth-order valence-corrected chi connectivity index (χ4v) is 3.45. The molecule has 0 aromatic carbocycles. The normalized spacial score (nSPS) is 24.1. The topological polar surface area (TPSA) is 70.0 Å². The Kier molecular flexibility index (Phi) is 6.26. The van der Waals surface area contributed by atoms with Gasteiger partial charge in [0.05, 0.1) is 12.2 Å². The van der Waals surface area contributed by atoms with Crippen LogP contribution in [-0.4, -0.2) is 59.5 Å². The Morgan fingerprint density at radius 2 is 1.85 bits per heavy atom. The van der Waals surface area contributed by atoms with Gasteiger partial charge < -0.3 is 19.8 Å². The molecule has 2 fully saturated rings. The van der Waals surface area contributed by atoms with Crippen LogP contribution in [0, 0.1) is 5.92 Å². The molecule has 1 aliphatic carbocycles. The zero-order chi connectivity index (χ0) is 14.4. The minimum Gasteiger partial charge on any atom is -0.480 e. The highest BCUT2D eigenvalue weighted by Gasteiger charge is 2.24. The van der Waals surface area contributed by atoms with Crippen molar-refractivity contribution >= 4 is 5.97 Å². The lowest BCUT2D eigenvalue weighted by Gasteiger charge is -2.33. The van der Waals surface area contributed by atoms with Gasteiger partial charge in [-0.05, 0) is 25.2 Å². The molecule has 1 atom stereocenters. The lowest BCUT2D eigenvalue weighted by atomic mass is 9.99. The molecule has 1 aliphatic heterocycles. The largest absolute Gasteiger partial charge is 0.480 e. The third-order valence-electron chi connectivity index (χ3n) is 4.53. The number of nitrogens with zero attached hydrogens (tertiary/aromatic N) is 1. The maximum Gasteiger partial charge on any atom is 0.329 e. The number of aliphatic hydroxyl groups is 1. The van der Waals surface area contributed by atoms with Crippen LogP contribution in [-0.2, 0) is 9.53 Å². The van der Waals surface area contributed by atoms with Crippen molar-refractivity contribution in [2.24, 2.45) is 5.92 Å². The number of piperidine rings is 1. The van der Waals surface area contributed by atoms with E-state index in [-0.39, 0.29) is 18.8 Å². The first-order valence-electron chi connectivity index (χ1n) is 7.87. The number of ether oxygens (including phenoxy) is 1. The molecule has 116 valence electrons. The Morgan fingerprint density at radius 1 is 1.20 bits per heavy atom. The van der Waals surface area contributed by atoms with Crippen molar-refractivity contribution in [3.63, 3.8) is 0 Å². The minimum atomic E-state index is -0.903. The molecule has 1 saturated heterocycles. The van der Waals surface area contributed by atoms with E-state index < -0.39 is 5.97 Å². The monoisotopic (exact) mass is 285 g/mol. The Morgan fingerprint density at radius 3 is 2.45 bits per heavy atom. The molecule has 0 radical (unpaired) electrons. The number of carbonyl (C=O) groups is 1. The van der Waals surface area contributed by atoms with Crippen molar-refractivity contribution in [3.8, 4) is 0 Å². The molecule has 5 heteroatoms. The average molecular weight is 285 g/mol. The van der Waals surface area contributed by atoms with Crippen molar-refractivity contribution in [3.05, 3.63) is 0 Å². The van der Waals surface area contributed by atoms with Crippen molar-refractivity contribution in [1.29, 1.82) is 0 Å². The number of likely N-dealkylation sites (tertiary alicyclic amines) is 1. The smallest absolute Gasteiger partial charge is 0.329 e. The van der Waals surface area contributed by atoms with E-state index in [0.717, 1.165) is 44.8 Å². The number of aliphatic hydroxyl groups excluding tert-OH is 1. The maximum atomic E-state index is 10.4. The summed E-state index contributed by atoms with van der Waals surface area (Å²) in [4.78, 5) is 12.7. The lowest BCUT2D eigenvalue weighted by molar-refractivity contribution is -0.145. The number of rotatable bonds is 7. The van der Waals surface area contributed by atoms with Crippen LogP contribution >= 0.6 is 0 Å². The van der Waals surface area contributed by atoms with Crippen LogP contribution in [0.25, 0.3) is 0 Å². The van der Waals surface area contributed by atoms with E-state index in [1.165, 1.54) is 25.7 Å². The van der Waals surface area contributed by atoms with Crippen molar-refractivity contribution in [2.45, 2.75) is 57.2 Å². The molecule has 1 saturated carbocycles. The molecular weight excluding hydrogens is 258 g/mol. The Hall–Kier alpha value is -0.650. The van der Waals surface area contributed by atoms with Gasteiger partial charge in [0.2, 0.25) is 0 Å². The van der Waals surface area contributed by atoms with Crippen LogP contribution in [0.4, 0.5) is 0 Å². The van der Waals surface area contributed by atoms with Gasteiger partial charge in [-0.3, -0.25) is 0 Å². The minimum absolute atomic E-state index is 0.0642. The van der Waals surface area contributed by atoms with Crippen LogP contribution in [0.15, 0.2) is 0 Å². The van der Waals surface area contributed by atoms with Crippen LogP contribution in [0.5, 0.6) is 0 Å². The lowest BCUT2D eigenvalue weighted by Crippen LogP contribution is -2.41. The van der Waals surface area contributed by atoms with Gasteiger partial charge in [0.1, 0.15) is 6.61 Å². The molecule has 0 aromatic rings. The quantitative estimate of drug-likeness (QED) is 0.741. The van der Waals surface area contributed by atoms with Crippen molar-refractivity contribution in [1.82, 2.24) is 4.90 Å². The van der Waals surface area contributed by atoms with E-state index in [9.17, 15) is 9.90 Å². The van der Waals surface area contributed by atoms with Gasteiger partial charge in [-0.1, -0.05) is 25.7 Å². The Bertz CT molecular complexity index is 296. The van der Waals surface area contributed by atoms with Gasteiger partial charge in [0, 0.05) is 19.6 Å². The van der Waals surface area contributed by atoms with Crippen LogP contribution < -0.4 is 0 Å². The van der Waals surface area contributed by atoms with Crippen LogP contribution in [0.2, 0.25) is 0 Å². The summed E-state index contributed by atoms with van der Waals surface area (Å²) in [6, 6.07) is 0. The highest BCUT2D eigenvalue weighted by Crippen LogP contribution is 2.28. The summed E-state index contributed by atoms with van der Waals surface area (Å²) in [6.07, 6.45) is 7.73. The number of aliphatic carboxylic acids is 1. The average Bonchev–Trinajstić information content (AvgIpc) is 2.90. The number of carboxylic acids is 1. The number of hydrogen-bond acceptors (Lipinski definition) is 4. The number of carboxylic acid groups (broad SMARTS) is 1. The molecule has 2 N–H and O–H groups in total. The number of hydrogen-bond donors (Lipinski definition) is 2. The second kappa shape index (κ2) is 7.96.